The third kappa shape index (κ3) is 0.953. The van der Waals surface area contributed by atoms with Gasteiger partial charge in [0, 0.05) is 23.5 Å². The maximum absolute atomic E-state index is 8.53. The summed E-state index contributed by atoms with van der Waals surface area (Å²) in [6.45, 7) is 0. The van der Waals surface area contributed by atoms with Crippen molar-refractivity contribution in [2.24, 2.45) is 5.73 Å². The molecule has 1 heterocycles. The molecule has 0 unspecified atom stereocenters. The third-order valence-corrected chi connectivity index (χ3v) is 2.09. The van der Waals surface area contributed by atoms with E-state index >= 15 is 0 Å². The Kier molecular flexibility index (Phi) is 1.52. The number of nitriles is 1. The predicted molar refractivity (Wildman–Crippen MR) is 42.0 cm³/mol. The number of rotatable bonds is 0. The van der Waals surface area contributed by atoms with Gasteiger partial charge in [0.05, 0.1) is 0 Å². The Morgan fingerprint density at radius 1 is 1.67 bits per heavy atom. The van der Waals surface area contributed by atoms with Crippen molar-refractivity contribution in [3.63, 3.8) is 0 Å². The molecule has 0 radical (unpaired) electrons. The van der Waals surface area contributed by atoms with Crippen LogP contribution >= 0.6 is 0 Å². The van der Waals surface area contributed by atoms with Crippen molar-refractivity contribution in [3.8, 4) is 6.07 Å². The SMILES string of the molecule is N#Cc1ncc2c(n1)CC[C@@H]2N. The van der Waals surface area contributed by atoms with E-state index in [1.165, 1.54) is 0 Å². The summed E-state index contributed by atoms with van der Waals surface area (Å²) in [5.41, 5.74) is 7.71. The van der Waals surface area contributed by atoms with Crippen LogP contribution in [0.2, 0.25) is 0 Å². The largest absolute Gasteiger partial charge is 0.324 e. The minimum absolute atomic E-state index is 0.0627. The first-order chi connectivity index (χ1) is 5.81. The average molecular weight is 160 g/mol. The molecule has 0 saturated carbocycles. The summed E-state index contributed by atoms with van der Waals surface area (Å²) in [4.78, 5) is 7.94. The number of hydrogen-bond acceptors (Lipinski definition) is 4. The highest BCUT2D eigenvalue weighted by atomic mass is 14.9. The highest BCUT2D eigenvalue weighted by molar-refractivity contribution is 5.28. The van der Waals surface area contributed by atoms with Gasteiger partial charge in [-0.1, -0.05) is 0 Å². The zero-order valence-electron chi connectivity index (χ0n) is 6.49. The topological polar surface area (TPSA) is 75.6 Å². The van der Waals surface area contributed by atoms with E-state index < -0.39 is 0 Å². The van der Waals surface area contributed by atoms with Crippen molar-refractivity contribution < 1.29 is 0 Å². The van der Waals surface area contributed by atoms with E-state index in [1.807, 2.05) is 6.07 Å². The third-order valence-electron chi connectivity index (χ3n) is 2.09. The lowest BCUT2D eigenvalue weighted by molar-refractivity contribution is 0.711. The fourth-order valence-corrected chi connectivity index (χ4v) is 1.44. The summed E-state index contributed by atoms with van der Waals surface area (Å²) in [6.07, 6.45) is 3.45. The monoisotopic (exact) mass is 160 g/mol. The molecule has 0 aromatic carbocycles. The maximum atomic E-state index is 8.53. The van der Waals surface area contributed by atoms with Gasteiger partial charge < -0.3 is 5.73 Å². The first kappa shape index (κ1) is 7.19. The van der Waals surface area contributed by atoms with Gasteiger partial charge in [0.15, 0.2) is 0 Å². The Hall–Kier alpha value is -1.47. The smallest absolute Gasteiger partial charge is 0.232 e. The lowest BCUT2D eigenvalue weighted by Gasteiger charge is -2.01. The van der Waals surface area contributed by atoms with Gasteiger partial charge in [-0.15, -0.1) is 0 Å². The van der Waals surface area contributed by atoms with Crippen LogP contribution in [0.5, 0.6) is 0 Å². The second-order valence-electron chi connectivity index (χ2n) is 2.85. The van der Waals surface area contributed by atoms with E-state index in [4.69, 9.17) is 11.0 Å². The summed E-state index contributed by atoms with van der Waals surface area (Å²) in [5, 5.41) is 8.53. The van der Waals surface area contributed by atoms with Crippen molar-refractivity contribution >= 4 is 0 Å². The molecule has 0 saturated heterocycles. The minimum atomic E-state index is 0.0627. The van der Waals surface area contributed by atoms with E-state index in [2.05, 4.69) is 9.97 Å². The number of aromatic nitrogens is 2. The molecule has 1 aliphatic rings. The standard InChI is InChI=1S/C8H8N4/c9-3-8-11-4-5-6(10)1-2-7(5)12-8/h4,6H,1-2,10H2/t6-/m0/s1. The van der Waals surface area contributed by atoms with Crippen LogP contribution in [0.25, 0.3) is 0 Å². The van der Waals surface area contributed by atoms with Gasteiger partial charge in [0.1, 0.15) is 6.07 Å². The van der Waals surface area contributed by atoms with Gasteiger partial charge in [-0.25, -0.2) is 9.97 Å². The van der Waals surface area contributed by atoms with Gasteiger partial charge in [-0.2, -0.15) is 5.26 Å². The Morgan fingerprint density at radius 3 is 3.25 bits per heavy atom. The quantitative estimate of drug-likeness (QED) is 0.592. The number of nitrogens with zero attached hydrogens (tertiary/aromatic N) is 3. The lowest BCUT2D eigenvalue weighted by Crippen LogP contribution is -2.06. The molecule has 0 bridgehead atoms. The lowest BCUT2D eigenvalue weighted by atomic mass is 10.2. The van der Waals surface area contributed by atoms with Crippen molar-refractivity contribution in [2.75, 3.05) is 0 Å². The Morgan fingerprint density at radius 2 is 2.50 bits per heavy atom. The van der Waals surface area contributed by atoms with E-state index in [-0.39, 0.29) is 11.9 Å². The highest BCUT2D eigenvalue weighted by Crippen LogP contribution is 2.26. The number of nitrogens with two attached hydrogens (primary N) is 1. The van der Waals surface area contributed by atoms with Crippen molar-refractivity contribution in [2.45, 2.75) is 18.9 Å². The summed E-state index contributed by atoms with van der Waals surface area (Å²) < 4.78 is 0. The number of aryl methyl sites for hydroxylation is 1. The van der Waals surface area contributed by atoms with Crippen LogP contribution in [0.15, 0.2) is 6.20 Å². The Labute approximate surface area is 70.1 Å². The van der Waals surface area contributed by atoms with Gasteiger partial charge in [-0.3, -0.25) is 0 Å². The molecule has 1 aromatic rings. The molecule has 4 heteroatoms. The highest BCUT2D eigenvalue weighted by Gasteiger charge is 2.20. The van der Waals surface area contributed by atoms with Crippen LogP contribution in [-0.2, 0) is 6.42 Å². The minimum Gasteiger partial charge on any atom is -0.324 e. The van der Waals surface area contributed by atoms with Crippen LogP contribution in [0.1, 0.15) is 29.5 Å². The van der Waals surface area contributed by atoms with Crippen LogP contribution in [0, 0.1) is 11.3 Å². The first-order valence-corrected chi connectivity index (χ1v) is 3.83. The second-order valence-corrected chi connectivity index (χ2v) is 2.85. The first-order valence-electron chi connectivity index (χ1n) is 3.83. The zero-order chi connectivity index (χ0) is 8.55. The van der Waals surface area contributed by atoms with Crippen LogP contribution in [-0.4, -0.2) is 9.97 Å². The molecule has 0 amide bonds. The summed E-state index contributed by atoms with van der Waals surface area (Å²) in [6, 6.07) is 1.97. The molecule has 1 aromatic heterocycles. The Balaban J connectivity index is 2.50. The normalized spacial score (nSPS) is 20.2. The predicted octanol–water partition coefficient (Wildman–Crippen LogP) is 0.294. The maximum Gasteiger partial charge on any atom is 0.232 e. The van der Waals surface area contributed by atoms with Crippen molar-refractivity contribution in [1.82, 2.24) is 9.97 Å². The van der Waals surface area contributed by atoms with Gasteiger partial charge in [0.25, 0.3) is 0 Å². The molecular weight excluding hydrogens is 152 g/mol. The summed E-state index contributed by atoms with van der Waals surface area (Å²) >= 11 is 0. The molecular formula is C8H8N4. The van der Waals surface area contributed by atoms with Gasteiger partial charge in [-0.05, 0) is 12.8 Å². The molecule has 4 nitrogen and oxygen atoms in total. The van der Waals surface area contributed by atoms with Crippen LogP contribution in [0.3, 0.4) is 0 Å². The van der Waals surface area contributed by atoms with Gasteiger partial charge in [0.2, 0.25) is 5.82 Å². The van der Waals surface area contributed by atoms with E-state index in [0.717, 1.165) is 24.1 Å². The van der Waals surface area contributed by atoms with Crippen LogP contribution < -0.4 is 5.73 Å². The molecule has 0 aliphatic heterocycles. The Bertz CT molecular complexity index is 353. The molecule has 1 atom stereocenters. The molecule has 2 rings (SSSR count). The van der Waals surface area contributed by atoms with E-state index in [0.29, 0.717) is 0 Å². The zero-order valence-corrected chi connectivity index (χ0v) is 6.49. The molecule has 60 valence electrons. The molecule has 12 heavy (non-hydrogen) atoms. The fourth-order valence-electron chi connectivity index (χ4n) is 1.44. The average Bonchev–Trinajstić information content (AvgIpc) is 2.47. The summed E-state index contributed by atoms with van der Waals surface area (Å²) in [7, 11) is 0. The van der Waals surface area contributed by atoms with E-state index in [1.54, 1.807) is 6.20 Å². The van der Waals surface area contributed by atoms with E-state index in [9.17, 15) is 0 Å². The van der Waals surface area contributed by atoms with Crippen molar-refractivity contribution in [3.05, 3.63) is 23.3 Å². The van der Waals surface area contributed by atoms with Gasteiger partial charge >= 0.3 is 0 Å². The molecule has 0 spiro atoms. The summed E-state index contributed by atoms with van der Waals surface area (Å²) in [5.74, 6) is 0.239. The fraction of sp³-hybridized carbons (Fsp3) is 0.375. The number of fused-ring (bicyclic) bond motifs is 1. The molecule has 2 N–H and O–H groups in total. The van der Waals surface area contributed by atoms with Crippen molar-refractivity contribution in [1.29, 1.82) is 5.26 Å². The van der Waals surface area contributed by atoms with Crippen LogP contribution in [0.4, 0.5) is 0 Å². The molecule has 1 aliphatic carbocycles. The number of hydrogen-bond donors (Lipinski definition) is 1. The second kappa shape index (κ2) is 2.54. The molecule has 0 fully saturated rings.